The fraction of sp³-hybridized carbons (Fsp3) is 0.188. The molecule has 0 atom stereocenters. The van der Waals surface area contributed by atoms with Crippen LogP contribution in [-0.2, 0) is 4.79 Å². The SMILES string of the molecule is O=C(O)CCCNC(=O)c1noc2c1ccc1cc(Cl)ccc12. The first-order valence-electron chi connectivity index (χ1n) is 7.04. The monoisotopic (exact) mass is 332 g/mol. The van der Waals surface area contributed by atoms with Crippen molar-refractivity contribution in [2.45, 2.75) is 12.8 Å². The standard InChI is InChI=1S/C16H13ClN2O4/c17-10-4-6-11-9(8-10)3-5-12-14(19-23-15(11)12)16(22)18-7-1-2-13(20)21/h3-6,8H,1-2,7H2,(H,18,22)(H,20,21). The Kier molecular flexibility index (Phi) is 4.16. The van der Waals surface area contributed by atoms with Crippen LogP contribution in [0.2, 0.25) is 5.02 Å². The fourth-order valence-electron chi connectivity index (χ4n) is 2.39. The molecule has 1 aromatic heterocycles. The van der Waals surface area contributed by atoms with Gasteiger partial charge in [-0.2, -0.15) is 0 Å². The van der Waals surface area contributed by atoms with E-state index in [4.69, 9.17) is 21.2 Å². The van der Waals surface area contributed by atoms with E-state index in [-0.39, 0.29) is 24.6 Å². The highest BCUT2D eigenvalue weighted by Gasteiger charge is 2.17. The smallest absolute Gasteiger partial charge is 0.303 e. The van der Waals surface area contributed by atoms with Crippen LogP contribution in [0, 0.1) is 0 Å². The minimum atomic E-state index is -0.892. The van der Waals surface area contributed by atoms with E-state index in [2.05, 4.69) is 10.5 Å². The number of carboxylic acid groups (broad SMARTS) is 1. The average Bonchev–Trinajstić information content (AvgIpc) is 2.95. The Morgan fingerprint density at radius 2 is 2.00 bits per heavy atom. The molecule has 3 aromatic rings. The zero-order chi connectivity index (χ0) is 16.4. The van der Waals surface area contributed by atoms with Crippen molar-refractivity contribution >= 4 is 45.2 Å². The number of aliphatic carboxylic acids is 1. The summed E-state index contributed by atoms with van der Waals surface area (Å²) in [4.78, 5) is 22.6. The molecule has 0 bridgehead atoms. The summed E-state index contributed by atoms with van der Waals surface area (Å²) in [6.07, 6.45) is 0.365. The molecule has 0 spiro atoms. The first kappa shape index (κ1) is 15.3. The number of rotatable bonds is 5. The maximum atomic E-state index is 12.2. The molecule has 0 aliphatic carbocycles. The summed E-state index contributed by atoms with van der Waals surface area (Å²) in [6.45, 7) is 0.267. The van der Waals surface area contributed by atoms with Crippen LogP contribution >= 0.6 is 11.6 Å². The summed E-state index contributed by atoms with van der Waals surface area (Å²) in [6, 6.07) is 8.99. The van der Waals surface area contributed by atoms with E-state index in [0.29, 0.717) is 22.4 Å². The van der Waals surface area contributed by atoms with Crippen molar-refractivity contribution < 1.29 is 19.2 Å². The third-order valence-electron chi connectivity index (χ3n) is 3.48. The third kappa shape index (κ3) is 3.12. The molecule has 2 aromatic carbocycles. The number of carbonyl (C=O) groups is 2. The number of amides is 1. The molecule has 6 nitrogen and oxygen atoms in total. The Balaban J connectivity index is 1.86. The van der Waals surface area contributed by atoms with Crippen molar-refractivity contribution in [2.75, 3.05) is 6.54 Å². The van der Waals surface area contributed by atoms with Gasteiger partial charge in [-0.3, -0.25) is 9.59 Å². The van der Waals surface area contributed by atoms with Gasteiger partial charge in [-0.1, -0.05) is 22.8 Å². The lowest BCUT2D eigenvalue weighted by Crippen LogP contribution is -2.25. The summed E-state index contributed by atoms with van der Waals surface area (Å²) in [5.41, 5.74) is 0.710. The molecular formula is C16H13ClN2O4. The second-order valence-corrected chi connectivity index (χ2v) is 5.53. The maximum absolute atomic E-state index is 12.2. The lowest BCUT2D eigenvalue weighted by Gasteiger charge is -2.02. The highest BCUT2D eigenvalue weighted by atomic mass is 35.5. The Morgan fingerprint density at radius 3 is 2.78 bits per heavy atom. The van der Waals surface area contributed by atoms with Crippen LogP contribution in [0.25, 0.3) is 21.7 Å². The van der Waals surface area contributed by atoms with Crippen LogP contribution in [0.4, 0.5) is 0 Å². The van der Waals surface area contributed by atoms with E-state index in [1.165, 1.54) is 0 Å². The Morgan fingerprint density at radius 1 is 1.22 bits per heavy atom. The van der Waals surface area contributed by atoms with Gasteiger partial charge in [0.2, 0.25) is 0 Å². The van der Waals surface area contributed by atoms with Gasteiger partial charge < -0.3 is 14.9 Å². The molecule has 3 rings (SSSR count). The molecule has 0 fully saturated rings. The summed E-state index contributed by atoms with van der Waals surface area (Å²) in [5, 5.41) is 18.0. The van der Waals surface area contributed by atoms with E-state index in [1.54, 1.807) is 12.1 Å². The first-order chi connectivity index (χ1) is 11.1. The van der Waals surface area contributed by atoms with Crippen LogP contribution in [0.5, 0.6) is 0 Å². The van der Waals surface area contributed by atoms with Crippen molar-refractivity contribution in [3.8, 4) is 0 Å². The van der Waals surface area contributed by atoms with Crippen molar-refractivity contribution in [3.05, 3.63) is 41.0 Å². The Bertz CT molecular complexity index is 904. The fourth-order valence-corrected chi connectivity index (χ4v) is 2.57. The molecule has 1 heterocycles. The molecule has 23 heavy (non-hydrogen) atoms. The number of hydrogen-bond acceptors (Lipinski definition) is 4. The minimum absolute atomic E-state index is 0.00520. The van der Waals surface area contributed by atoms with Crippen molar-refractivity contribution in [1.29, 1.82) is 0 Å². The summed E-state index contributed by atoms with van der Waals surface area (Å²) >= 11 is 5.97. The number of nitrogens with zero attached hydrogens (tertiary/aromatic N) is 1. The molecule has 0 radical (unpaired) electrons. The van der Waals surface area contributed by atoms with Gasteiger partial charge in [0, 0.05) is 23.4 Å². The van der Waals surface area contributed by atoms with E-state index in [0.717, 1.165) is 10.8 Å². The van der Waals surface area contributed by atoms with Gasteiger partial charge in [0.25, 0.3) is 5.91 Å². The largest absolute Gasteiger partial charge is 0.481 e. The highest BCUT2D eigenvalue weighted by molar-refractivity contribution is 6.31. The van der Waals surface area contributed by atoms with Crippen LogP contribution in [-0.4, -0.2) is 28.7 Å². The zero-order valence-electron chi connectivity index (χ0n) is 12.0. The molecule has 1 amide bonds. The van der Waals surface area contributed by atoms with E-state index < -0.39 is 5.97 Å². The lowest BCUT2D eigenvalue weighted by molar-refractivity contribution is -0.137. The molecule has 0 saturated heterocycles. The number of carbonyl (C=O) groups excluding carboxylic acids is 1. The summed E-state index contributed by atoms with van der Waals surface area (Å²) in [7, 11) is 0. The maximum Gasteiger partial charge on any atom is 0.303 e. The van der Waals surface area contributed by atoms with E-state index >= 15 is 0 Å². The van der Waals surface area contributed by atoms with Crippen molar-refractivity contribution in [3.63, 3.8) is 0 Å². The van der Waals surface area contributed by atoms with Crippen LogP contribution < -0.4 is 5.32 Å². The number of carboxylic acids is 1. The highest BCUT2D eigenvalue weighted by Crippen LogP contribution is 2.29. The number of benzene rings is 2. The molecule has 7 heteroatoms. The molecule has 118 valence electrons. The molecule has 2 N–H and O–H groups in total. The summed E-state index contributed by atoms with van der Waals surface area (Å²) < 4.78 is 5.32. The topological polar surface area (TPSA) is 92.4 Å². The minimum Gasteiger partial charge on any atom is -0.481 e. The number of nitrogens with one attached hydrogen (secondary N) is 1. The molecule has 0 saturated carbocycles. The van der Waals surface area contributed by atoms with E-state index in [1.807, 2.05) is 18.2 Å². The number of aromatic nitrogens is 1. The van der Waals surface area contributed by atoms with Crippen molar-refractivity contribution in [2.24, 2.45) is 0 Å². The average molecular weight is 333 g/mol. The predicted octanol–water partition coefficient (Wildman–Crippen LogP) is 3.23. The number of fused-ring (bicyclic) bond motifs is 3. The number of hydrogen-bond donors (Lipinski definition) is 2. The Labute approximate surface area is 136 Å². The van der Waals surface area contributed by atoms with Gasteiger partial charge in [0.1, 0.15) is 0 Å². The van der Waals surface area contributed by atoms with Gasteiger partial charge in [-0.15, -0.1) is 0 Å². The van der Waals surface area contributed by atoms with Crippen molar-refractivity contribution in [1.82, 2.24) is 10.5 Å². The second kappa shape index (κ2) is 6.26. The normalized spacial score (nSPS) is 11.0. The van der Waals surface area contributed by atoms with E-state index in [9.17, 15) is 9.59 Å². The molecule has 0 aliphatic rings. The molecular weight excluding hydrogens is 320 g/mol. The molecule has 0 unspecified atom stereocenters. The van der Waals surface area contributed by atoms with Gasteiger partial charge in [-0.25, -0.2) is 0 Å². The van der Waals surface area contributed by atoms with Crippen LogP contribution in [0.15, 0.2) is 34.9 Å². The first-order valence-corrected chi connectivity index (χ1v) is 7.41. The molecule has 0 aliphatic heterocycles. The van der Waals surface area contributed by atoms with Gasteiger partial charge in [0.05, 0.1) is 5.39 Å². The van der Waals surface area contributed by atoms with Gasteiger partial charge >= 0.3 is 5.97 Å². The van der Waals surface area contributed by atoms with Gasteiger partial charge in [0.15, 0.2) is 11.3 Å². The van der Waals surface area contributed by atoms with Gasteiger partial charge in [-0.05, 0) is 36.1 Å². The quantitative estimate of drug-likeness (QED) is 0.700. The number of halogens is 1. The second-order valence-electron chi connectivity index (χ2n) is 5.09. The van der Waals surface area contributed by atoms with Crippen LogP contribution in [0.1, 0.15) is 23.3 Å². The lowest BCUT2D eigenvalue weighted by atomic mass is 10.1. The van der Waals surface area contributed by atoms with Crippen LogP contribution in [0.3, 0.4) is 0 Å². The third-order valence-corrected chi connectivity index (χ3v) is 3.72. The Hall–Kier alpha value is -2.60. The zero-order valence-corrected chi connectivity index (χ0v) is 12.8. The predicted molar refractivity (Wildman–Crippen MR) is 85.7 cm³/mol. The summed E-state index contributed by atoms with van der Waals surface area (Å²) in [5.74, 6) is -1.28.